The summed E-state index contributed by atoms with van der Waals surface area (Å²) in [4.78, 5) is 16.8. The SMILES string of the molecule is CCCCN(C)CC1CCN(C(=O)c2csc(Br)c2)CC1. The lowest BCUT2D eigenvalue weighted by molar-refractivity contribution is 0.0673. The minimum Gasteiger partial charge on any atom is -0.339 e. The number of hydrogen-bond donors (Lipinski definition) is 0. The average Bonchev–Trinajstić information content (AvgIpc) is 2.92. The van der Waals surface area contributed by atoms with Crippen LogP contribution in [0.25, 0.3) is 0 Å². The third kappa shape index (κ3) is 5.08. The van der Waals surface area contributed by atoms with Gasteiger partial charge in [-0.1, -0.05) is 13.3 Å². The summed E-state index contributed by atoms with van der Waals surface area (Å²) in [6, 6.07) is 1.93. The van der Waals surface area contributed by atoms with Crippen molar-refractivity contribution < 1.29 is 4.79 Å². The highest BCUT2D eigenvalue weighted by Crippen LogP contribution is 2.24. The number of amides is 1. The summed E-state index contributed by atoms with van der Waals surface area (Å²) in [5.74, 6) is 0.930. The van der Waals surface area contributed by atoms with Gasteiger partial charge in [-0.05, 0) is 60.8 Å². The topological polar surface area (TPSA) is 23.6 Å². The highest BCUT2D eigenvalue weighted by Gasteiger charge is 2.24. The van der Waals surface area contributed by atoms with Crippen molar-refractivity contribution >= 4 is 33.2 Å². The maximum absolute atomic E-state index is 12.4. The van der Waals surface area contributed by atoms with Gasteiger partial charge in [0, 0.05) is 25.0 Å². The highest BCUT2D eigenvalue weighted by molar-refractivity contribution is 9.11. The first-order valence-corrected chi connectivity index (χ1v) is 9.49. The van der Waals surface area contributed by atoms with Crippen LogP contribution in [0, 0.1) is 5.92 Å². The van der Waals surface area contributed by atoms with E-state index in [0.29, 0.717) is 0 Å². The lowest BCUT2D eigenvalue weighted by Gasteiger charge is -2.33. The Bertz CT molecular complexity index is 455. The fourth-order valence-corrected chi connectivity index (χ4v) is 4.01. The number of rotatable bonds is 6. The van der Waals surface area contributed by atoms with Gasteiger partial charge in [0.25, 0.3) is 5.91 Å². The van der Waals surface area contributed by atoms with E-state index in [1.807, 2.05) is 16.3 Å². The molecule has 118 valence electrons. The molecular weight excluding hydrogens is 348 g/mol. The molecule has 1 amide bonds. The van der Waals surface area contributed by atoms with Gasteiger partial charge in [-0.15, -0.1) is 11.3 Å². The van der Waals surface area contributed by atoms with Crippen LogP contribution in [0.4, 0.5) is 0 Å². The number of halogens is 1. The Balaban J connectivity index is 1.76. The van der Waals surface area contributed by atoms with Crippen LogP contribution < -0.4 is 0 Å². The zero-order valence-corrected chi connectivity index (χ0v) is 15.4. The number of carbonyl (C=O) groups is 1. The first-order chi connectivity index (χ1) is 10.1. The van der Waals surface area contributed by atoms with Gasteiger partial charge in [-0.25, -0.2) is 0 Å². The van der Waals surface area contributed by atoms with Crippen molar-refractivity contribution in [1.29, 1.82) is 0 Å². The summed E-state index contributed by atoms with van der Waals surface area (Å²) in [7, 11) is 2.22. The third-order valence-corrected chi connectivity index (χ3v) is 5.68. The Hall–Kier alpha value is -0.390. The van der Waals surface area contributed by atoms with E-state index in [1.165, 1.54) is 25.9 Å². The second-order valence-electron chi connectivity index (χ2n) is 5.99. The first kappa shape index (κ1) is 17.0. The van der Waals surface area contributed by atoms with Crippen LogP contribution in [0.15, 0.2) is 15.2 Å². The van der Waals surface area contributed by atoms with Crippen molar-refractivity contribution in [2.75, 3.05) is 33.2 Å². The molecule has 0 radical (unpaired) electrons. The van der Waals surface area contributed by atoms with E-state index in [4.69, 9.17) is 0 Å². The van der Waals surface area contributed by atoms with Crippen LogP contribution in [0.1, 0.15) is 43.0 Å². The molecule has 2 heterocycles. The maximum Gasteiger partial charge on any atom is 0.254 e. The number of likely N-dealkylation sites (tertiary alicyclic amines) is 1. The molecule has 1 aromatic heterocycles. The molecular formula is C16H25BrN2OS. The molecule has 0 saturated carbocycles. The van der Waals surface area contributed by atoms with E-state index < -0.39 is 0 Å². The molecule has 1 aromatic rings. The van der Waals surface area contributed by atoms with E-state index in [-0.39, 0.29) is 5.91 Å². The maximum atomic E-state index is 12.4. The Labute approximate surface area is 140 Å². The molecule has 0 bridgehead atoms. The van der Waals surface area contributed by atoms with E-state index in [0.717, 1.165) is 41.2 Å². The summed E-state index contributed by atoms with van der Waals surface area (Å²) >= 11 is 5.00. The predicted molar refractivity (Wildman–Crippen MR) is 93.1 cm³/mol. The molecule has 0 atom stereocenters. The van der Waals surface area contributed by atoms with Crippen LogP contribution in [-0.2, 0) is 0 Å². The normalized spacial score (nSPS) is 16.7. The van der Waals surface area contributed by atoms with Crippen LogP contribution in [0.3, 0.4) is 0 Å². The minimum atomic E-state index is 0.190. The van der Waals surface area contributed by atoms with Gasteiger partial charge in [-0.2, -0.15) is 0 Å². The second-order valence-corrected chi connectivity index (χ2v) is 8.28. The Kier molecular flexibility index (Phi) is 6.71. The molecule has 0 unspecified atom stereocenters. The number of piperidine rings is 1. The molecule has 0 spiro atoms. The molecule has 0 aliphatic carbocycles. The van der Waals surface area contributed by atoms with Crippen molar-refractivity contribution in [3.8, 4) is 0 Å². The molecule has 0 aromatic carbocycles. The first-order valence-electron chi connectivity index (χ1n) is 7.82. The van der Waals surface area contributed by atoms with E-state index in [2.05, 4.69) is 34.8 Å². The summed E-state index contributed by atoms with van der Waals surface area (Å²) in [6.45, 7) is 6.41. The molecule has 1 fully saturated rings. The Morgan fingerprint density at radius 1 is 1.48 bits per heavy atom. The van der Waals surface area contributed by atoms with Crippen LogP contribution >= 0.6 is 27.3 Å². The zero-order chi connectivity index (χ0) is 15.2. The molecule has 1 aliphatic heterocycles. The van der Waals surface area contributed by atoms with Gasteiger partial charge in [-0.3, -0.25) is 4.79 Å². The molecule has 1 saturated heterocycles. The molecule has 5 heteroatoms. The molecule has 3 nitrogen and oxygen atoms in total. The molecule has 2 rings (SSSR count). The molecule has 1 aliphatic rings. The summed E-state index contributed by atoms with van der Waals surface area (Å²) < 4.78 is 1.03. The smallest absolute Gasteiger partial charge is 0.254 e. The Morgan fingerprint density at radius 3 is 2.76 bits per heavy atom. The second kappa shape index (κ2) is 8.30. The minimum absolute atomic E-state index is 0.190. The largest absolute Gasteiger partial charge is 0.339 e. The van der Waals surface area contributed by atoms with Crippen molar-refractivity contribution in [1.82, 2.24) is 9.80 Å². The lowest BCUT2D eigenvalue weighted by atomic mass is 9.96. The van der Waals surface area contributed by atoms with E-state index >= 15 is 0 Å². The quantitative estimate of drug-likeness (QED) is 0.750. The fourth-order valence-electron chi connectivity index (χ4n) is 2.88. The van der Waals surface area contributed by atoms with Gasteiger partial charge in [0.1, 0.15) is 0 Å². The van der Waals surface area contributed by atoms with Gasteiger partial charge in [0.2, 0.25) is 0 Å². The van der Waals surface area contributed by atoms with Crippen molar-refractivity contribution in [3.05, 3.63) is 20.8 Å². The highest BCUT2D eigenvalue weighted by atomic mass is 79.9. The van der Waals surface area contributed by atoms with Crippen LogP contribution in [-0.4, -0.2) is 48.9 Å². The van der Waals surface area contributed by atoms with E-state index in [1.54, 1.807) is 11.3 Å². The summed E-state index contributed by atoms with van der Waals surface area (Å²) in [5.41, 5.74) is 0.824. The fraction of sp³-hybridized carbons (Fsp3) is 0.688. The number of carbonyl (C=O) groups excluding carboxylic acids is 1. The lowest BCUT2D eigenvalue weighted by Crippen LogP contribution is -2.41. The zero-order valence-electron chi connectivity index (χ0n) is 13.0. The predicted octanol–water partition coefficient (Wildman–Crippen LogP) is 4.09. The number of hydrogen-bond acceptors (Lipinski definition) is 3. The molecule has 0 N–H and O–H groups in total. The third-order valence-electron chi connectivity index (χ3n) is 4.18. The van der Waals surface area contributed by atoms with Gasteiger partial charge >= 0.3 is 0 Å². The van der Waals surface area contributed by atoms with Gasteiger partial charge < -0.3 is 9.80 Å². The standard InChI is InChI=1S/C16H25BrN2OS/c1-3-4-7-18(2)11-13-5-8-19(9-6-13)16(20)14-10-15(17)21-12-14/h10,12-13H,3-9,11H2,1-2H3. The van der Waals surface area contributed by atoms with Gasteiger partial charge in [0.05, 0.1) is 9.35 Å². The number of nitrogens with zero attached hydrogens (tertiary/aromatic N) is 2. The Morgan fingerprint density at radius 2 is 2.19 bits per heavy atom. The monoisotopic (exact) mass is 372 g/mol. The number of thiophene rings is 1. The van der Waals surface area contributed by atoms with Crippen molar-refractivity contribution in [2.45, 2.75) is 32.6 Å². The summed E-state index contributed by atoms with van der Waals surface area (Å²) in [6.07, 6.45) is 4.80. The number of unbranched alkanes of at least 4 members (excludes halogenated alkanes) is 1. The van der Waals surface area contributed by atoms with Crippen LogP contribution in [0.2, 0.25) is 0 Å². The van der Waals surface area contributed by atoms with Gasteiger partial charge in [0.15, 0.2) is 0 Å². The summed E-state index contributed by atoms with van der Waals surface area (Å²) in [5, 5.41) is 1.94. The molecule has 21 heavy (non-hydrogen) atoms. The van der Waals surface area contributed by atoms with E-state index in [9.17, 15) is 4.79 Å². The van der Waals surface area contributed by atoms with Crippen LogP contribution in [0.5, 0.6) is 0 Å². The van der Waals surface area contributed by atoms with Crippen molar-refractivity contribution in [3.63, 3.8) is 0 Å². The average molecular weight is 373 g/mol. The van der Waals surface area contributed by atoms with Crippen molar-refractivity contribution in [2.24, 2.45) is 5.92 Å².